The zero-order valence-electron chi connectivity index (χ0n) is 14.5. The van der Waals surface area contributed by atoms with Gasteiger partial charge in [0.25, 0.3) is 0 Å². The van der Waals surface area contributed by atoms with Gasteiger partial charge in [-0.2, -0.15) is 0 Å². The first kappa shape index (κ1) is 19.2. The first-order chi connectivity index (χ1) is 12.4. The molecule has 0 saturated heterocycles. The monoisotopic (exact) mass is 357 g/mol. The van der Waals surface area contributed by atoms with Gasteiger partial charge >= 0.3 is 5.97 Å². The number of carbonyl (C=O) groups excluding carboxylic acids is 2. The van der Waals surface area contributed by atoms with Gasteiger partial charge in [-0.15, -0.1) is 0 Å². The SMILES string of the molecule is COC(=O)C(Cc1ccc(O)cc1)N/C(C)=C\C(=O)c1ccc(F)cc1. The Morgan fingerprint density at radius 3 is 2.35 bits per heavy atom. The molecule has 0 fully saturated rings. The van der Waals surface area contributed by atoms with Crippen molar-refractivity contribution in [2.75, 3.05) is 7.11 Å². The van der Waals surface area contributed by atoms with Gasteiger partial charge in [-0.25, -0.2) is 9.18 Å². The predicted octanol–water partition coefficient (Wildman–Crippen LogP) is 2.99. The molecule has 0 aliphatic rings. The number of phenolic OH excluding ortho intramolecular Hbond substituents is 1. The topological polar surface area (TPSA) is 75.6 Å². The third kappa shape index (κ3) is 5.44. The zero-order valence-corrected chi connectivity index (χ0v) is 14.5. The minimum atomic E-state index is -0.693. The molecule has 0 aromatic heterocycles. The maximum atomic E-state index is 12.9. The molecule has 2 aromatic carbocycles. The Bertz CT molecular complexity index is 798. The maximum Gasteiger partial charge on any atom is 0.328 e. The average Bonchev–Trinajstić information content (AvgIpc) is 2.62. The largest absolute Gasteiger partial charge is 0.508 e. The third-order valence-corrected chi connectivity index (χ3v) is 3.74. The second kappa shape index (κ2) is 8.80. The summed E-state index contributed by atoms with van der Waals surface area (Å²) < 4.78 is 17.7. The van der Waals surface area contributed by atoms with E-state index in [0.717, 1.165) is 5.56 Å². The van der Waals surface area contributed by atoms with Crippen LogP contribution in [-0.4, -0.2) is 30.0 Å². The lowest BCUT2D eigenvalue weighted by Gasteiger charge is -2.18. The van der Waals surface area contributed by atoms with E-state index in [4.69, 9.17) is 4.74 Å². The Hall–Kier alpha value is -3.15. The standard InChI is InChI=1S/C20H20FNO4/c1-13(11-19(24)15-5-7-16(21)8-6-15)22-18(20(25)26-2)12-14-3-9-17(23)10-4-14/h3-11,18,22-23H,12H2,1-2H3/b13-11-. The smallest absolute Gasteiger partial charge is 0.328 e. The van der Waals surface area contributed by atoms with Crippen molar-refractivity contribution in [3.63, 3.8) is 0 Å². The lowest BCUT2D eigenvalue weighted by atomic mass is 10.0. The van der Waals surface area contributed by atoms with Crippen molar-refractivity contribution in [1.29, 1.82) is 0 Å². The number of allylic oxidation sites excluding steroid dienone is 2. The van der Waals surface area contributed by atoms with Crippen molar-refractivity contribution >= 4 is 11.8 Å². The van der Waals surface area contributed by atoms with Crippen LogP contribution in [0.1, 0.15) is 22.8 Å². The molecule has 0 saturated carbocycles. The van der Waals surface area contributed by atoms with Crippen molar-refractivity contribution in [3.05, 3.63) is 77.2 Å². The van der Waals surface area contributed by atoms with Crippen LogP contribution in [0.15, 0.2) is 60.3 Å². The van der Waals surface area contributed by atoms with Gasteiger partial charge in [0.05, 0.1) is 7.11 Å². The Kier molecular flexibility index (Phi) is 6.49. The Labute approximate surface area is 151 Å². The van der Waals surface area contributed by atoms with Gasteiger partial charge in [-0.05, 0) is 48.9 Å². The summed E-state index contributed by atoms with van der Waals surface area (Å²) in [5.74, 6) is -1.05. The number of phenols is 1. The van der Waals surface area contributed by atoms with E-state index in [0.29, 0.717) is 17.7 Å². The van der Waals surface area contributed by atoms with Crippen LogP contribution in [0.2, 0.25) is 0 Å². The lowest BCUT2D eigenvalue weighted by molar-refractivity contribution is -0.142. The van der Waals surface area contributed by atoms with Crippen LogP contribution in [0.3, 0.4) is 0 Å². The first-order valence-electron chi connectivity index (χ1n) is 7.99. The number of ether oxygens (including phenoxy) is 1. The number of methoxy groups -OCH3 is 1. The second-order valence-electron chi connectivity index (χ2n) is 5.79. The highest BCUT2D eigenvalue weighted by molar-refractivity contribution is 6.04. The lowest BCUT2D eigenvalue weighted by Crippen LogP contribution is -2.38. The zero-order chi connectivity index (χ0) is 19.1. The summed E-state index contributed by atoms with van der Waals surface area (Å²) in [4.78, 5) is 24.2. The second-order valence-corrected chi connectivity index (χ2v) is 5.79. The minimum Gasteiger partial charge on any atom is -0.508 e. The number of benzene rings is 2. The fourth-order valence-corrected chi connectivity index (χ4v) is 2.41. The van der Waals surface area contributed by atoms with Crippen molar-refractivity contribution in [2.24, 2.45) is 0 Å². The van der Waals surface area contributed by atoms with Crippen molar-refractivity contribution < 1.29 is 23.8 Å². The highest BCUT2D eigenvalue weighted by Crippen LogP contribution is 2.13. The number of rotatable bonds is 7. The van der Waals surface area contributed by atoms with Gasteiger partial charge in [-0.3, -0.25) is 4.79 Å². The quantitative estimate of drug-likeness (QED) is 0.453. The molecule has 0 spiro atoms. The molecule has 0 bridgehead atoms. The minimum absolute atomic E-state index is 0.136. The summed E-state index contributed by atoms with van der Waals surface area (Å²) in [5, 5.41) is 12.3. The van der Waals surface area contributed by atoms with E-state index in [1.54, 1.807) is 19.1 Å². The van der Waals surface area contributed by atoms with E-state index >= 15 is 0 Å². The molecule has 1 unspecified atom stereocenters. The van der Waals surface area contributed by atoms with Crippen LogP contribution in [0.4, 0.5) is 4.39 Å². The average molecular weight is 357 g/mol. The van der Waals surface area contributed by atoms with E-state index < -0.39 is 17.8 Å². The summed E-state index contributed by atoms with van der Waals surface area (Å²) >= 11 is 0. The predicted molar refractivity (Wildman–Crippen MR) is 95.2 cm³/mol. The molecule has 2 N–H and O–H groups in total. The van der Waals surface area contributed by atoms with Crippen molar-refractivity contribution in [1.82, 2.24) is 5.32 Å². The molecule has 0 radical (unpaired) electrons. The molecule has 26 heavy (non-hydrogen) atoms. The Balaban J connectivity index is 2.10. The molecule has 0 heterocycles. The van der Waals surface area contributed by atoms with E-state index in [-0.39, 0.29) is 11.5 Å². The fourth-order valence-electron chi connectivity index (χ4n) is 2.41. The summed E-state index contributed by atoms with van der Waals surface area (Å²) in [6, 6.07) is 11.0. The summed E-state index contributed by atoms with van der Waals surface area (Å²) in [6.07, 6.45) is 1.67. The number of esters is 1. The Morgan fingerprint density at radius 2 is 1.77 bits per heavy atom. The Morgan fingerprint density at radius 1 is 1.15 bits per heavy atom. The molecule has 0 aliphatic carbocycles. The van der Waals surface area contributed by atoms with Gasteiger partial charge < -0.3 is 15.2 Å². The van der Waals surface area contributed by atoms with E-state index in [9.17, 15) is 19.1 Å². The van der Waals surface area contributed by atoms with E-state index in [1.807, 2.05) is 0 Å². The van der Waals surface area contributed by atoms with Gasteiger partial charge in [0.15, 0.2) is 5.78 Å². The van der Waals surface area contributed by atoms with Gasteiger partial charge in [-0.1, -0.05) is 12.1 Å². The normalized spacial score (nSPS) is 12.3. The number of carbonyl (C=O) groups is 2. The van der Waals surface area contributed by atoms with Gasteiger partial charge in [0.1, 0.15) is 17.6 Å². The van der Waals surface area contributed by atoms with Crippen LogP contribution in [-0.2, 0) is 16.0 Å². The molecule has 0 aliphatic heterocycles. The molecule has 6 heteroatoms. The summed E-state index contributed by atoms with van der Waals surface area (Å²) in [6.45, 7) is 1.66. The number of hydrogen-bond acceptors (Lipinski definition) is 5. The van der Waals surface area contributed by atoms with E-state index in [2.05, 4.69) is 5.32 Å². The molecule has 0 amide bonds. The van der Waals surface area contributed by atoms with Gasteiger partial charge in [0, 0.05) is 23.8 Å². The molecular weight excluding hydrogens is 337 g/mol. The summed E-state index contributed by atoms with van der Waals surface area (Å²) in [7, 11) is 1.29. The highest BCUT2D eigenvalue weighted by Gasteiger charge is 2.20. The van der Waals surface area contributed by atoms with Gasteiger partial charge in [0.2, 0.25) is 0 Å². The number of hydrogen-bond donors (Lipinski definition) is 2. The molecule has 2 rings (SSSR count). The number of aromatic hydroxyl groups is 1. The summed E-state index contributed by atoms with van der Waals surface area (Å²) in [5.41, 5.74) is 1.65. The van der Waals surface area contributed by atoms with Crippen LogP contribution in [0.5, 0.6) is 5.75 Å². The highest BCUT2D eigenvalue weighted by atomic mass is 19.1. The number of ketones is 1. The van der Waals surface area contributed by atoms with Crippen molar-refractivity contribution in [3.8, 4) is 5.75 Å². The van der Waals surface area contributed by atoms with Crippen LogP contribution in [0, 0.1) is 5.82 Å². The van der Waals surface area contributed by atoms with Crippen LogP contribution in [0.25, 0.3) is 0 Å². The molecule has 1 atom stereocenters. The van der Waals surface area contributed by atoms with Crippen LogP contribution >= 0.6 is 0 Å². The van der Waals surface area contributed by atoms with Crippen molar-refractivity contribution in [2.45, 2.75) is 19.4 Å². The molecule has 136 valence electrons. The van der Waals surface area contributed by atoms with Crippen LogP contribution < -0.4 is 5.32 Å². The first-order valence-corrected chi connectivity index (χ1v) is 7.99. The maximum absolute atomic E-state index is 12.9. The van der Waals surface area contributed by atoms with E-state index in [1.165, 1.54) is 49.6 Å². The molecule has 5 nitrogen and oxygen atoms in total. The number of halogens is 1. The fraction of sp³-hybridized carbons (Fsp3) is 0.200. The molecular formula is C20H20FNO4. The molecule has 2 aromatic rings. The third-order valence-electron chi connectivity index (χ3n) is 3.74. The number of nitrogens with one attached hydrogen (secondary N) is 1.